The van der Waals surface area contributed by atoms with Crippen LogP contribution in [0.2, 0.25) is 0 Å². The Kier molecular flexibility index (Phi) is 4.33. The van der Waals surface area contributed by atoms with Crippen molar-refractivity contribution in [3.05, 3.63) is 59.5 Å². The second-order valence-corrected chi connectivity index (χ2v) is 9.21. The Bertz CT molecular complexity index is 1160. The molecule has 0 spiro atoms. The van der Waals surface area contributed by atoms with Gasteiger partial charge < -0.3 is 9.88 Å². The van der Waals surface area contributed by atoms with E-state index < -0.39 is 15.7 Å². The lowest BCUT2D eigenvalue weighted by atomic mass is 9.99. The molecule has 2 atom stereocenters. The van der Waals surface area contributed by atoms with Crippen molar-refractivity contribution in [3.63, 3.8) is 0 Å². The Morgan fingerprint density at radius 3 is 2.67 bits per heavy atom. The van der Waals surface area contributed by atoms with E-state index in [4.69, 9.17) is 0 Å². The van der Waals surface area contributed by atoms with Crippen molar-refractivity contribution in [3.8, 4) is 0 Å². The third-order valence-electron chi connectivity index (χ3n) is 5.78. The zero-order valence-corrected chi connectivity index (χ0v) is 16.4. The van der Waals surface area contributed by atoms with Crippen LogP contribution in [-0.2, 0) is 23.3 Å². The van der Waals surface area contributed by atoms with E-state index in [0.717, 1.165) is 36.2 Å². The number of hydrogen-bond donors (Lipinski definition) is 1. The molecule has 2 aromatic carbocycles. The fourth-order valence-electron chi connectivity index (χ4n) is 4.52. The van der Waals surface area contributed by atoms with E-state index in [1.165, 1.54) is 29.5 Å². The van der Waals surface area contributed by atoms with Crippen LogP contribution in [0.4, 0.5) is 4.39 Å². The topological polar surface area (TPSA) is 51.1 Å². The number of aromatic nitrogens is 1. The van der Waals surface area contributed by atoms with E-state index in [1.54, 1.807) is 12.1 Å². The molecule has 1 aromatic heterocycles. The Morgan fingerprint density at radius 2 is 1.89 bits per heavy atom. The predicted octanol–water partition coefficient (Wildman–Crippen LogP) is 3.92. The van der Waals surface area contributed by atoms with E-state index in [-0.39, 0.29) is 22.2 Å². The smallest absolute Gasteiger partial charge is 0.206 e. The third kappa shape index (κ3) is 2.70. The van der Waals surface area contributed by atoms with Crippen molar-refractivity contribution in [1.29, 1.82) is 0 Å². The van der Waals surface area contributed by atoms with Gasteiger partial charge in [0.1, 0.15) is 5.82 Å². The van der Waals surface area contributed by atoms with E-state index in [0.29, 0.717) is 12.1 Å². The van der Waals surface area contributed by atoms with Crippen LogP contribution in [-0.4, -0.2) is 19.0 Å². The summed E-state index contributed by atoms with van der Waals surface area (Å²) in [6, 6.07) is 11.2. The standard InChI is InChI=1S/C20H19FN2O2S.ClH/c1-23-18-8-6-15(26(24,25)14-4-2-3-12(21)9-14)11-16(18)20-17-7-5-13(22-17)10-19(20)23;/h2-4,6,8-9,11,13,17,22H,5,7,10H2,1H3;1H. The van der Waals surface area contributed by atoms with Gasteiger partial charge in [-0.1, -0.05) is 6.07 Å². The number of benzene rings is 2. The van der Waals surface area contributed by atoms with Gasteiger partial charge in [0.05, 0.1) is 9.79 Å². The van der Waals surface area contributed by atoms with Gasteiger partial charge in [-0.15, -0.1) is 12.4 Å². The van der Waals surface area contributed by atoms with Gasteiger partial charge in [0.2, 0.25) is 9.84 Å². The van der Waals surface area contributed by atoms with Gasteiger partial charge in [-0.25, -0.2) is 12.8 Å². The molecule has 2 unspecified atom stereocenters. The number of fused-ring (bicyclic) bond motifs is 6. The molecule has 27 heavy (non-hydrogen) atoms. The zero-order chi connectivity index (χ0) is 18.1. The van der Waals surface area contributed by atoms with Crippen molar-refractivity contribution in [1.82, 2.24) is 9.88 Å². The summed E-state index contributed by atoms with van der Waals surface area (Å²) in [5, 5.41) is 4.62. The molecular weight excluding hydrogens is 387 g/mol. The molecule has 5 rings (SSSR count). The molecule has 0 aliphatic carbocycles. The van der Waals surface area contributed by atoms with Crippen LogP contribution in [0.3, 0.4) is 0 Å². The second kappa shape index (κ2) is 6.33. The van der Waals surface area contributed by atoms with Crippen molar-refractivity contribution in [2.45, 2.75) is 41.1 Å². The van der Waals surface area contributed by atoms with Crippen LogP contribution in [0, 0.1) is 5.82 Å². The van der Waals surface area contributed by atoms with Gasteiger partial charge in [-0.05, 0) is 54.8 Å². The predicted molar refractivity (Wildman–Crippen MR) is 105 cm³/mol. The van der Waals surface area contributed by atoms with Gasteiger partial charge >= 0.3 is 0 Å². The minimum absolute atomic E-state index is 0. The summed E-state index contributed by atoms with van der Waals surface area (Å²) in [4.78, 5) is 0.199. The number of rotatable bonds is 2. The van der Waals surface area contributed by atoms with Crippen LogP contribution < -0.4 is 5.32 Å². The molecule has 2 aliphatic rings. The van der Waals surface area contributed by atoms with Gasteiger partial charge in [-0.3, -0.25) is 0 Å². The van der Waals surface area contributed by atoms with Crippen LogP contribution >= 0.6 is 12.4 Å². The molecule has 142 valence electrons. The maximum Gasteiger partial charge on any atom is 0.206 e. The Morgan fingerprint density at radius 1 is 1.11 bits per heavy atom. The first kappa shape index (κ1) is 18.5. The van der Waals surface area contributed by atoms with Crippen LogP contribution in [0.5, 0.6) is 0 Å². The lowest BCUT2D eigenvalue weighted by molar-refractivity contribution is 0.503. The summed E-state index contributed by atoms with van der Waals surface area (Å²) in [6.07, 6.45) is 3.21. The number of sulfone groups is 1. The van der Waals surface area contributed by atoms with Gasteiger partial charge in [0, 0.05) is 42.1 Å². The number of nitrogens with zero attached hydrogens (tertiary/aromatic N) is 1. The fraction of sp³-hybridized carbons (Fsp3) is 0.300. The largest absolute Gasteiger partial charge is 0.347 e. The number of halogens is 2. The molecule has 2 aliphatic heterocycles. The molecule has 0 amide bonds. The fourth-order valence-corrected chi connectivity index (χ4v) is 5.84. The average molecular weight is 407 g/mol. The third-order valence-corrected chi connectivity index (χ3v) is 7.53. The molecule has 0 saturated carbocycles. The van der Waals surface area contributed by atoms with Crippen molar-refractivity contribution < 1.29 is 12.8 Å². The van der Waals surface area contributed by atoms with E-state index in [1.807, 2.05) is 13.1 Å². The van der Waals surface area contributed by atoms with Gasteiger partial charge in [0.25, 0.3) is 0 Å². The summed E-state index contributed by atoms with van der Waals surface area (Å²) in [5.74, 6) is -0.551. The number of hydrogen-bond acceptors (Lipinski definition) is 3. The van der Waals surface area contributed by atoms with Gasteiger partial charge in [0.15, 0.2) is 0 Å². The first-order chi connectivity index (χ1) is 12.4. The normalized spacial score (nSPS) is 21.1. The maximum atomic E-state index is 13.5. The second-order valence-electron chi connectivity index (χ2n) is 7.26. The first-order valence-electron chi connectivity index (χ1n) is 8.83. The highest BCUT2D eigenvalue weighted by molar-refractivity contribution is 7.91. The lowest BCUT2D eigenvalue weighted by Gasteiger charge is -2.23. The van der Waals surface area contributed by atoms with Crippen molar-refractivity contribution in [2.75, 3.05) is 0 Å². The summed E-state index contributed by atoms with van der Waals surface area (Å²) >= 11 is 0. The molecule has 3 aromatic rings. The highest BCUT2D eigenvalue weighted by Crippen LogP contribution is 2.42. The monoisotopic (exact) mass is 406 g/mol. The summed E-state index contributed by atoms with van der Waals surface area (Å²) in [5.41, 5.74) is 3.57. The molecule has 1 saturated heterocycles. The lowest BCUT2D eigenvalue weighted by Crippen LogP contribution is -2.32. The minimum Gasteiger partial charge on any atom is -0.347 e. The molecule has 7 heteroatoms. The quantitative estimate of drug-likeness (QED) is 0.701. The molecule has 3 heterocycles. The highest BCUT2D eigenvalue weighted by Gasteiger charge is 2.36. The van der Waals surface area contributed by atoms with E-state index >= 15 is 0 Å². The highest BCUT2D eigenvalue weighted by atomic mass is 35.5. The number of aryl methyl sites for hydroxylation is 1. The Labute approximate surface area is 163 Å². The minimum atomic E-state index is -3.75. The van der Waals surface area contributed by atoms with Crippen LogP contribution in [0.15, 0.2) is 52.3 Å². The van der Waals surface area contributed by atoms with Crippen LogP contribution in [0.25, 0.3) is 10.9 Å². The zero-order valence-electron chi connectivity index (χ0n) is 14.8. The molecule has 1 N–H and O–H groups in total. The molecule has 2 bridgehead atoms. The van der Waals surface area contributed by atoms with Crippen molar-refractivity contribution >= 4 is 33.1 Å². The molecule has 0 radical (unpaired) electrons. The van der Waals surface area contributed by atoms with E-state index in [9.17, 15) is 12.8 Å². The Hall–Kier alpha value is -1.89. The van der Waals surface area contributed by atoms with Crippen molar-refractivity contribution in [2.24, 2.45) is 7.05 Å². The Balaban J connectivity index is 0.00000180. The number of nitrogens with one attached hydrogen (secondary N) is 1. The molecule has 1 fully saturated rings. The first-order valence-corrected chi connectivity index (χ1v) is 10.3. The van der Waals surface area contributed by atoms with Crippen LogP contribution in [0.1, 0.15) is 30.1 Å². The van der Waals surface area contributed by atoms with E-state index in [2.05, 4.69) is 9.88 Å². The SMILES string of the molecule is Cl.Cn1c2c(c3cc(S(=O)(=O)c4cccc(F)c4)ccc31)C1CCC(C2)N1. The van der Waals surface area contributed by atoms with Gasteiger partial charge in [-0.2, -0.15) is 0 Å². The molecular formula is C20H20ClFN2O2S. The summed E-state index contributed by atoms with van der Waals surface area (Å²) in [6.45, 7) is 0. The molecule has 4 nitrogen and oxygen atoms in total. The summed E-state index contributed by atoms with van der Waals surface area (Å²) in [7, 11) is -1.71. The summed E-state index contributed by atoms with van der Waals surface area (Å²) < 4.78 is 41.7. The average Bonchev–Trinajstić information content (AvgIpc) is 3.14. The maximum absolute atomic E-state index is 13.5.